The molecule has 0 amide bonds. The Morgan fingerprint density at radius 3 is 3.00 bits per heavy atom. The maximum Gasteiger partial charge on any atom is 0.123 e. The van der Waals surface area contributed by atoms with Crippen LogP contribution in [0.2, 0.25) is 0 Å². The predicted molar refractivity (Wildman–Crippen MR) is 79.6 cm³/mol. The van der Waals surface area contributed by atoms with Gasteiger partial charge in [-0.3, -0.25) is 0 Å². The Morgan fingerprint density at radius 2 is 2.15 bits per heavy atom. The van der Waals surface area contributed by atoms with Gasteiger partial charge in [0.05, 0.1) is 0 Å². The van der Waals surface area contributed by atoms with Crippen LogP contribution in [0.25, 0.3) is 0 Å². The number of thioether (sulfide) groups is 1. The average Bonchev–Trinajstić information content (AvgIpc) is 2.87. The van der Waals surface area contributed by atoms with Gasteiger partial charge in [0.15, 0.2) is 0 Å². The zero-order valence-corrected chi connectivity index (χ0v) is 11.8. The third-order valence-corrected chi connectivity index (χ3v) is 4.46. The molecule has 1 unspecified atom stereocenters. The number of hydrogen-bond acceptors (Lipinski definition) is 3. The first-order chi connectivity index (χ1) is 9.74. The molecule has 3 rings (SSSR count). The van der Waals surface area contributed by atoms with Crippen LogP contribution in [0.3, 0.4) is 0 Å². The van der Waals surface area contributed by atoms with Crippen LogP contribution in [-0.2, 0) is 13.0 Å². The molecule has 2 N–H and O–H groups in total. The largest absolute Gasteiger partial charge is 0.489 e. The van der Waals surface area contributed by atoms with Crippen molar-refractivity contribution in [3.8, 4) is 5.75 Å². The lowest BCUT2D eigenvalue weighted by Crippen LogP contribution is -2.15. The van der Waals surface area contributed by atoms with E-state index in [1.807, 2.05) is 12.1 Å². The van der Waals surface area contributed by atoms with Gasteiger partial charge in [-0.2, -0.15) is 0 Å². The van der Waals surface area contributed by atoms with E-state index in [2.05, 4.69) is 12.1 Å². The quantitative estimate of drug-likeness (QED) is 0.876. The van der Waals surface area contributed by atoms with Crippen molar-refractivity contribution in [1.82, 2.24) is 0 Å². The summed E-state index contributed by atoms with van der Waals surface area (Å²) < 4.78 is 19.0. The first kappa shape index (κ1) is 13.5. The minimum Gasteiger partial charge on any atom is -0.489 e. The van der Waals surface area contributed by atoms with E-state index in [0.29, 0.717) is 6.54 Å². The first-order valence-electron chi connectivity index (χ1n) is 6.61. The molecule has 1 aliphatic heterocycles. The van der Waals surface area contributed by atoms with Gasteiger partial charge in [-0.1, -0.05) is 12.1 Å². The summed E-state index contributed by atoms with van der Waals surface area (Å²) in [5.74, 6) is 1.47. The van der Waals surface area contributed by atoms with Crippen LogP contribution in [0.15, 0.2) is 47.4 Å². The second-order valence-corrected chi connectivity index (χ2v) is 5.95. The van der Waals surface area contributed by atoms with Crippen molar-refractivity contribution >= 4 is 11.8 Å². The maximum atomic E-state index is 13.2. The van der Waals surface area contributed by atoms with E-state index in [0.717, 1.165) is 29.1 Å². The fourth-order valence-electron chi connectivity index (χ4n) is 2.33. The van der Waals surface area contributed by atoms with Gasteiger partial charge in [-0.25, -0.2) is 4.39 Å². The van der Waals surface area contributed by atoms with Gasteiger partial charge in [0, 0.05) is 29.2 Å². The van der Waals surface area contributed by atoms with E-state index in [4.69, 9.17) is 10.5 Å². The van der Waals surface area contributed by atoms with Crippen molar-refractivity contribution in [2.75, 3.05) is 5.75 Å². The zero-order chi connectivity index (χ0) is 13.9. The van der Waals surface area contributed by atoms with Crippen LogP contribution >= 0.6 is 11.8 Å². The van der Waals surface area contributed by atoms with E-state index >= 15 is 0 Å². The molecule has 2 nitrogen and oxygen atoms in total. The summed E-state index contributed by atoms with van der Waals surface area (Å²) in [7, 11) is 0. The molecule has 0 saturated heterocycles. The van der Waals surface area contributed by atoms with E-state index in [9.17, 15) is 4.39 Å². The minimum absolute atomic E-state index is 0.110. The summed E-state index contributed by atoms with van der Waals surface area (Å²) in [6.07, 6.45) is 0.884. The summed E-state index contributed by atoms with van der Waals surface area (Å²) in [4.78, 5) is 1.19. The number of benzene rings is 2. The number of nitrogens with two attached hydrogens (primary N) is 1. The molecule has 0 bridgehead atoms. The second-order valence-electron chi connectivity index (χ2n) is 4.86. The summed E-state index contributed by atoms with van der Waals surface area (Å²) in [5, 5.41) is 0. The second kappa shape index (κ2) is 5.85. The van der Waals surface area contributed by atoms with E-state index in [1.54, 1.807) is 23.9 Å². The molecule has 1 aliphatic rings. The smallest absolute Gasteiger partial charge is 0.123 e. The van der Waals surface area contributed by atoms with Crippen LogP contribution in [0, 0.1) is 5.82 Å². The molecule has 0 radical (unpaired) electrons. The number of halogens is 1. The van der Waals surface area contributed by atoms with Gasteiger partial charge in [0.25, 0.3) is 0 Å². The van der Waals surface area contributed by atoms with Crippen molar-refractivity contribution < 1.29 is 9.13 Å². The third-order valence-electron chi connectivity index (χ3n) is 3.33. The Kier molecular flexibility index (Phi) is 3.94. The first-order valence-corrected chi connectivity index (χ1v) is 7.60. The van der Waals surface area contributed by atoms with Crippen molar-refractivity contribution in [2.45, 2.75) is 24.0 Å². The summed E-state index contributed by atoms with van der Waals surface area (Å²) in [6, 6.07) is 12.9. The summed E-state index contributed by atoms with van der Waals surface area (Å²) >= 11 is 1.75. The Morgan fingerprint density at radius 1 is 1.25 bits per heavy atom. The molecular formula is C16H16FNOS. The molecule has 2 aromatic carbocycles. The lowest BCUT2D eigenvalue weighted by atomic mass is 10.1. The predicted octanol–water partition coefficient (Wildman–Crippen LogP) is 3.38. The highest BCUT2D eigenvalue weighted by molar-refractivity contribution is 7.99. The van der Waals surface area contributed by atoms with Gasteiger partial charge in [-0.05, 0) is 35.9 Å². The molecule has 0 spiro atoms. The van der Waals surface area contributed by atoms with Crippen LogP contribution in [0.4, 0.5) is 4.39 Å². The van der Waals surface area contributed by atoms with Crippen molar-refractivity contribution in [3.63, 3.8) is 0 Å². The molecule has 0 aliphatic carbocycles. The van der Waals surface area contributed by atoms with Crippen molar-refractivity contribution in [1.29, 1.82) is 0 Å². The van der Waals surface area contributed by atoms with Crippen LogP contribution in [-0.4, -0.2) is 11.9 Å². The lowest BCUT2D eigenvalue weighted by molar-refractivity contribution is 0.259. The molecule has 20 heavy (non-hydrogen) atoms. The number of hydrogen-bond donors (Lipinski definition) is 1. The number of ether oxygens (including phenoxy) is 1. The van der Waals surface area contributed by atoms with E-state index in [-0.39, 0.29) is 11.9 Å². The Labute approximate surface area is 122 Å². The van der Waals surface area contributed by atoms with Crippen LogP contribution < -0.4 is 10.5 Å². The molecule has 4 heteroatoms. The van der Waals surface area contributed by atoms with Gasteiger partial charge in [-0.15, -0.1) is 11.8 Å². The Balaban J connectivity index is 1.60. The fraction of sp³-hybridized carbons (Fsp3) is 0.250. The fourth-order valence-corrected chi connectivity index (χ4v) is 3.31. The normalized spacial score (nSPS) is 16.8. The number of fused-ring (bicyclic) bond motifs is 1. The molecule has 0 saturated carbocycles. The topological polar surface area (TPSA) is 35.2 Å². The lowest BCUT2D eigenvalue weighted by Gasteiger charge is -2.10. The van der Waals surface area contributed by atoms with Crippen LogP contribution in [0.1, 0.15) is 11.1 Å². The van der Waals surface area contributed by atoms with E-state index < -0.39 is 0 Å². The molecule has 0 aromatic heterocycles. The SMILES string of the molecule is NCc1cccc(SCC2Cc3cc(F)ccc3O2)c1. The highest BCUT2D eigenvalue weighted by Gasteiger charge is 2.23. The molecule has 2 aromatic rings. The van der Waals surface area contributed by atoms with Crippen molar-refractivity contribution in [3.05, 3.63) is 59.4 Å². The summed E-state index contributed by atoms with van der Waals surface area (Å²) in [5.41, 5.74) is 7.74. The maximum absolute atomic E-state index is 13.2. The van der Waals surface area contributed by atoms with Gasteiger partial charge in [0.1, 0.15) is 17.7 Å². The molecule has 1 atom stereocenters. The van der Waals surface area contributed by atoms with Crippen LogP contribution in [0.5, 0.6) is 5.75 Å². The van der Waals surface area contributed by atoms with Gasteiger partial charge < -0.3 is 10.5 Å². The molecular weight excluding hydrogens is 273 g/mol. The monoisotopic (exact) mass is 289 g/mol. The third kappa shape index (κ3) is 2.97. The minimum atomic E-state index is -0.198. The average molecular weight is 289 g/mol. The molecule has 104 valence electrons. The zero-order valence-electron chi connectivity index (χ0n) is 11.0. The molecule has 0 fully saturated rings. The van der Waals surface area contributed by atoms with Gasteiger partial charge >= 0.3 is 0 Å². The van der Waals surface area contributed by atoms with E-state index in [1.165, 1.54) is 11.0 Å². The summed E-state index contributed by atoms with van der Waals surface area (Å²) in [6.45, 7) is 0.555. The Hall–Kier alpha value is -1.52. The highest BCUT2D eigenvalue weighted by Crippen LogP contribution is 2.32. The Bertz CT molecular complexity index is 617. The number of rotatable bonds is 4. The van der Waals surface area contributed by atoms with Gasteiger partial charge in [0.2, 0.25) is 0 Å². The standard InChI is InChI=1S/C16H16FNOS/c17-13-4-5-16-12(7-13)8-14(19-16)10-20-15-3-1-2-11(6-15)9-18/h1-7,14H,8-10,18H2. The van der Waals surface area contributed by atoms with Crippen molar-refractivity contribution in [2.24, 2.45) is 5.73 Å². The molecule has 1 heterocycles. The highest BCUT2D eigenvalue weighted by atomic mass is 32.2.